The van der Waals surface area contributed by atoms with E-state index >= 15 is 0 Å². The molecule has 0 aliphatic heterocycles. The molecule has 0 aliphatic carbocycles. The number of esters is 1. The molecule has 0 N–H and O–H groups in total. The van der Waals surface area contributed by atoms with Crippen molar-refractivity contribution in [3.63, 3.8) is 0 Å². The Hall–Kier alpha value is -2.75. The van der Waals surface area contributed by atoms with Crippen molar-refractivity contribution >= 4 is 5.97 Å². The predicted octanol–water partition coefficient (Wildman–Crippen LogP) is 8.75. The van der Waals surface area contributed by atoms with E-state index in [4.69, 9.17) is 14.2 Å². The third kappa shape index (κ3) is 11.4. The first-order valence-electron chi connectivity index (χ1n) is 13.0. The average Bonchev–Trinajstić information content (AvgIpc) is 2.86. The number of carbonyl (C=O) groups is 1. The lowest BCUT2D eigenvalue weighted by Crippen LogP contribution is -2.08. The minimum atomic E-state index is -0.396. The Bertz CT molecular complexity index is 824. The van der Waals surface area contributed by atoms with Crippen LogP contribution in [0.3, 0.4) is 0 Å². The molecule has 1 atom stereocenters. The van der Waals surface area contributed by atoms with Crippen LogP contribution in [0.1, 0.15) is 95.3 Å². The van der Waals surface area contributed by atoms with Gasteiger partial charge in [-0.25, -0.2) is 4.79 Å². The summed E-state index contributed by atoms with van der Waals surface area (Å²) >= 11 is 0. The minimum Gasteiger partial charge on any atom is -0.494 e. The maximum atomic E-state index is 12.4. The Kier molecular flexibility index (Phi) is 13.6. The van der Waals surface area contributed by atoms with Crippen LogP contribution in [0.25, 0.3) is 0 Å². The van der Waals surface area contributed by atoms with E-state index in [0.717, 1.165) is 24.5 Å². The Morgan fingerprint density at radius 2 is 1.47 bits per heavy atom. The van der Waals surface area contributed by atoms with Crippen LogP contribution in [0.4, 0.5) is 0 Å². The Balaban J connectivity index is 1.68. The summed E-state index contributed by atoms with van der Waals surface area (Å²) in [7, 11) is 0. The van der Waals surface area contributed by atoms with E-state index in [1.807, 2.05) is 12.1 Å². The molecule has 34 heavy (non-hydrogen) atoms. The van der Waals surface area contributed by atoms with E-state index in [0.29, 0.717) is 23.7 Å². The number of unbranched alkanes of at least 4 members (excludes halogenated alkanes) is 6. The van der Waals surface area contributed by atoms with Crippen molar-refractivity contribution in [2.24, 2.45) is 5.92 Å². The smallest absolute Gasteiger partial charge is 0.343 e. The van der Waals surface area contributed by atoms with Gasteiger partial charge in [-0.05, 0) is 86.2 Å². The highest BCUT2D eigenvalue weighted by Crippen LogP contribution is 2.20. The second-order valence-electron chi connectivity index (χ2n) is 8.94. The van der Waals surface area contributed by atoms with Crippen molar-refractivity contribution < 1.29 is 19.0 Å². The summed E-state index contributed by atoms with van der Waals surface area (Å²) < 4.78 is 16.9. The molecule has 186 valence electrons. The van der Waals surface area contributed by atoms with Gasteiger partial charge in [-0.15, -0.1) is 0 Å². The maximum Gasteiger partial charge on any atom is 0.343 e. The molecule has 0 saturated carbocycles. The first-order chi connectivity index (χ1) is 16.6. The summed E-state index contributed by atoms with van der Waals surface area (Å²) in [5.41, 5.74) is 0.480. The molecular formula is C30H42O4. The third-order valence-corrected chi connectivity index (χ3v) is 5.96. The predicted molar refractivity (Wildman–Crippen MR) is 140 cm³/mol. The van der Waals surface area contributed by atoms with Crippen molar-refractivity contribution in [1.29, 1.82) is 0 Å². The number of carbonyl (C=O) groups excluding carboxylic acids is 1. The number of allylic oxidation sites excluding steroid dienone is 1. The first-order valence-corrected chi connectivity index (χ1v) is 13.0. The van der Waals surface area contributed by atoms with Gasteiger partial charge in [0, 0.05) is 0 Å². The van der Waals surface area contributed by atoms with E-state index in [1.165, 1.54) is 51.4 Å². The second kappa shape index (κ2) is 16.8. The van der Waals surface area contributed by atoms with Crippen LogP contribution in [0.2, 0.25) is 0 Å². The molecule has 0 bridgehead atoms. The van der Waals surface area contributed by atoms with Gasteiger partial charge in [0.1, 0.15) is 17.2 Å². The van der Waals surface area contributed by atoms with Crippen LogP contribution < -0.4 is 14.2 Å². The lowest BCUT2D eigenvalue weighted by molar-refractivity contribution is 0.0734. The molecule has 2 rings (SSSR count). The highest BCUT2D eigenvalue weighted by molar-refractivity contribution is 5.91. The van der Waals surface area contributed by atoms with Crippen LogP contribution in [0, 0.1) is 5.92 Å². The minimum absolute atomic E-state index is 0.396. The summed E-state index contributed by atoms with van der Waals surface area (Å²) in [6.45, 7) is 7.41. The molecule has 4 nitrogen and oxygen atoms in total. The fourth-order valence-corrected chi connectivity index (χ4v) is 3.50. The standard InChI is InChI=1S/C30H42O4/c1-4-6-7-8-9-10-11-12-23-32-27-17-15-26(16-18-27)30(31)34-29-21-19-28(20-22-29)33-24-13-14-25(3)5-2/h12,15-23,25H,4-11,13-14,24H2,1-3H3. The van der Waals surface area contributed by atoms with Crippen LogP contribution in [-0.4, -0.2) is 12.6 Å². The van der Waals surface area contributed by atoms with Gasteiger partial charge in [0.2, 0.25) is 0 Å². The van der Waals surface area contributed by atoms with Crippen molar-refractivity contribution in [2.45, 2.75) is 85.0 Å². The number of hydrogen-bond donors (Lipinski definition) is 0. The fourth-order valence-electron chi connectivity index (χ4n) is 3.50. The van der Waals surface area contributed by atoms with Crippen molar-refractivity contribution in [2.75, 3.05) is 6.61 Å². The first kappa shape index (κ1) is 27.5. The average molecular weight is 467 g/mol. The number of hydrogen-bond acceptors (Lipinski definition) is 4. The van der Waals surface area contributed by atoms with Gasteiger partial charge in [-0.3, -0.25) is 0 Å². The molecule has 0 saturated heterocycles. The van der Waals surface area contributed by atoms with E-state index in [1.54, 1.807) is 42.7 Å². The summed E-state index contributed by atoms with van der Waals surface area (Å²) in [5, 5.41) is 0. The zero-order chi connectivity index (χ0) is 24.4. The van der Waals surface area contributed by atoms with Gasteiger partial charge in [-0.2, -0.15) is 0 Å². The summed E-state index contributed by atoms with van der Waals surface area (Å²) in [5.74, 6) is 2.32. The van der Waals surface area contributed by atoms with Crippen molar-refractivity contribution in [3.8, 4) is 17.2 Å². The van der Waals surface area contributed by atoms with Gasteiger partial charge in [-0.1, -0.05) is 59.3 Å². The Morgan fingerprint density at radius 3 is 2.18 bits per heavy atom. The van der Waals surface area contributed by atoms with Gasteiger partial charge in [0.25, 0.3) is 0 Å². The van der Waals surface area contributed by atoms with Crippen LogP contribution in [-0.2, 0) is 0 Å². The highest BCUT2D eigenvalue weighted by Gasteiger charge is 2.09. The summed E-state index contributed by atoms with van der Waals surface area (Å²) in [4.78, 5) is 12.4. The summed E-state index contributed by atoms with van der Waals surface area (Å²) in [6.07, 6.45) is 16.0. The number of benzene rings is 2. The molecule has 4 heteroatoms. The Labute approximate surface area is 206 Å². The third-order valence-electron chi connectivity index (χ3n) is 5.96. The molecule has 0 heterocycles. The van der Waals surface area contributed by atoms with Crippen LogP contribution >= 0.6 is 0 Å². The molecule has 0 fully saturated rings. The molecule has 0 radical (unpaired) electrons. The van der Waals surface area contributed by atoms with E-state index in [2.05, 4.69) is 26.8 Å². The molecule has 0 spiro atoms. The number of rotatable bonds is 17. The van der Waals surface area contributed by atoms with Gasteiger partial charge >= 0.3 is 5.97 Å². The topological polar surface area (TPSA) is 44.8 Å². The van der Waals surface area contributed by atoms with E-state index in [-0.39, 0.29) is 0 Å². The Morgan fingerprint density at radius 1 is 0.824 bits per heavy atom. The molecular weight excluding hydrogens is 424 g/mol. The van der Waals surface area contributed by atoms with Gasteiger partial charge in [0.15, 0.2) is 0 Å². The molecule has 0 amide bonds. The second-order valence-corrected chi connectivity index (χ2v) is 8.94. The number of ether oxygens (including phenoxy) is 3. The van der Waals surface area contributed by atoms with Crippen molar-refractivity contribution in [3.05, 3.63) is 66.4 Å². The lowest BCUT2D eigenvalue weighted by atomic mass is 10.0. The monoisotopic (exact) mass is 466 g/mol. The fraction of sp³-hybridized carbons (Fsp3) is 0.500. The van der Waals surface area contributed by atoms with Crippen LogP contribution in [0.5, 0.6) is 17.2 Å². The maximum absolute atomic E-state index is 12.4. The zero-order valence-corrected chi connectivity index (χ0v) is 21.3. The van der Waals surface area contributed by atoms with E-state index in [9.17, 15) is 4.79 Å². The quantitative estimate of drug-likeness (QED) is 0.101. The molecule has 2 aromatic carbocycles. The summed E-state index contributed by atoms with van der Waals surface area (Å²) in [6, 6.07) is 14.2. The molecule has 0 aromatic heterocycles. The SMILES string of the molecule is CCCCCCCCC=COc1ccc(C(=O)Oc2ccc(OCCCC(C)CC)cc2)cc1. The van der Waals surface area contributed by atoms with Gasteiger partial charge in [0.05, 0.1) is 18.4 Å². The van der Waals surface area contributed by atoms with Gasteiger partial charge < -0.3 is 14.2 Å². The molecule has 2 aromatic rings. The highest BCUT2D eigenvalue weighted by atomic mass is 16.5. The lowest BCUT2D eigenvalue weighted by Gasteiger charge is -2.10. The largest absolute Gasteiger partial charge is 0.494 e. The van der Waals surface area contributed by atoms with Crippen LogP contribution in [0.15, 0.2) is 60.9 Å². The zero-order valence-electron chi connectivity index (χ0n) is 21.3. The molecule has 0 aliphatic rings. The van der Waals surface area contributed by atoms with Crippen molar-refractivity contribution in [1.82, 2.24) is 0 Å². The molecule has 1 unspecified atom stereocenters. The normalized spacial score (nSPS) is 12.0. The van der Waals surface area contributed by atoms with E-state index < -0.39 is 5.97 Å².